The lowest BCUT2D eigenvalue weighted by atomic mass is 10.0. The van der Waals surface area contributed by atoms with Crippen molar-refractivity contribution in [2.45, 2.75) is 0 Å². The highest BCUT2D eigenvalue weighted by Crippen LogP contribution is 2.31. The van der Waals surface area contributed by atoms with Crippen LogP contribution in [0.25, 0.3) is 33.7 Å². The van der Waals surface area contributed by atoms with Gasteiger partial charge in [-0.3, -0.25) is 0 Å². The van der Waals surface area contributed by atoms with E-state index in [4.69, 9.17) is 9.97 Å². The minimum atomic E-state index is 0.649. The van der Waals surface area contributed by atoms with Gasteiger partial charge in [-0.05, 0) is 36.4 Å². The fourth-order valence-electron chi connectivity index (χ4n) is 2.51. The number of nitrogens with zero attached hydrogens (tertiary/aromatic N) is 3. The first kappa shape index (κ1) is 15.4. The van der Waals surface area contributed by atoms with E-state index in [1.54, 1.807) is 6.20 Å². The first-order valence-electron chi connectivity index (χ1n) is 7.35. The maximum atomic E-state index is 4.82. The molecule has 0 spiro atoms. The highest BCUT2D eigenvalue weighted by atomic mass is 79.9. The Balaban J connectivity index is 2.00. The van der Waals surface area contributed by atoms with Crippen LogP contribution in [-0.2, 0) is 0 Å². The third-order valence-electron chi connectivity index (χ3n) is 3.68. The van der Waals surface area contributed by atoms with Gasteiger partial charge in [-0.15, -0.1) is 0 Å². The summed E-state index contributed by atoms with van der Waals surface area (Å²) in [5.41, 5.74) is 5.15. The molecule has 4 rings (SSSR count). The van der Waals surface area contributed by atoms with Gasteiger partial charge in [-0.1, -0.05) is 56.1 Å². The molecule has 0 saturated carbocycles. The van der Waals surface area contributed by atoms with Crippen molar-refractivity contribution in [1.29, 1.82) is 0 Å². The van der Waals surface area contributed by atoms with Gasteiger partial charge in [0.2, 0.25) is 0 Å². The second-order valence-electron chi connectivity index (χ2n) is 5.28. The zero-order valence-corrected chi connectivity index (χ0v) is 15.6. The summed E-state index contributed by atoms with van der Waals surface area (Å²) in [6.07, 6.45) is 1.74. The predicted molar refractivity (Wildman–Crippen MR) is 104 cm³/mol. The highest BCUT2D eigenvalue weighted by Gasteiger charge is 2.13. The molecule has 0 unspecified atom stereocenters. The average molecular weight is 441 g/mol. The van der Waals surface area contributed by atoms with Gasteiger partial charge in [0.25, 0.3) is 0 Å². The Morgan fingerprint density at radius 1 is 0.625 bits per heavy atom. The van der Waals surface area contributed by atoms with Gasteiger partial charge in [-0.25, -0.2) is 15.0 Å². The lowest BCUT2D eigenvalue weighted by molar-refractivity contribution is 1.23. The predicted octanol–water partition coefficient (Wildman–Crippen LogP) is 5.88. The minimum absolute atomic E-state index is 0.649. The van der Waals surface area contributed by atoms with Crippen molar-refractivity contribution in [1.82, 2.24) is 15.0 Å². The van der Waals surface area contributed by atoms with Crippen LogP contribution in [0.3, 0.4) is 0 Å². The van der Waals surface area contributed by atoms with Crippen LogP contribution in [0, 0.1) is 0 Å². The molecule has 116 valence electrons. The summed E-state index contributed by atoms with van der Waals surface area (Å²) >= 11 is 6.95. The van der Waals surface area contributed by atoms with Crippen LogP contribution in [0.1, 0.15) is 0 Å². The molecule has 0 atom stereocenters. The Kier molecular flexibility index (Phi) is 4.12. The number of aromatic nitrogens is 3. The van der Waals surface area contributed by atoms with E-state index in [0.29, 0.717) is 5.65 Å². The van der Waals surface area contributed by atoms with Gasteiger partial charge in [0.1, 0.15) is 5.52 Å². The number of rotatable bonds is 2. The molecule has 24 heavy (non-hydrogen) atoms. The maximum absolute atomic E-state index is 4.82. The number of fused-ring (bicyclic) bond motifs is 1. The third kappa shape index (κ3) is 2.97. The van der Waals surface area contributed by atoms with Gasteiger partial charge in [-0.2, -0.15) is 0 Å². The molecule has 0 N–H and O–H groups in total. The largest absolute Gasteiger partial charge is 0.242 e. The van der Waals surface area contributed by atoms with Crippen LogP contribution in [0.5, 0.6) is 0 Å². The topological polar surface area (TPSA) is 38.7 Å². The molecule has 2 heterocycles. The van der Waals surface area contributed by atoms with E-state index in [9.17, 15) is 0 Å². The van der Waals surface area contributed by atoms with E-state index in [0.717, 1.165) is 37.0 Å². The number of halogens is 2. The third-order valence-corrected chi connectivity index (χ3v) is 4.73. The lowest BCUT2D eigenvalue weighted by Crippen LogP contribution is -1.96. The van der Waals surface area contributed by atoms with Crippen LogP contribution in [0.2, 0.25) is 0 Å². The molecule has 0 bridgehead atoms. The summed E-state index contributed by atoms with van der Waals surface area (Å²) in [5.74, 6) is 0. The lowest BCUT2D eigenvalue weighted by Gasteiger charge is -2.10. The van der Waals surface area contributed by atoms with Crippen molar-refractivity contribution in [2.75, 3.05) is 0 Å². The highest BCUT2D eigenvalue weighted by molar-refractivity contribution is 9.10. The number of hydrogen-bond acceptors (Lipinski definition) is 3. The summed E-state index contributed by atoms with van der Waals surface area (Å²) in [6, 6.07) is 20.0. The average Bonchev–Trinajstić information content (AvgIpc) is 2.62. The molecular formula is C19H11Br2N3. The quantitative estimate of drug-likeness (QED) is 0.390. The first-order chi connectivity index (χ1) is 11.7. The van der Waals surface area contributed by atoms with Gasteiger partial charge >= 0.3 is 0 Å². The van der Waals surface area contributed by atoms with Crippen LogP contribution >= 0.6 is 31.9 Å². The number of hydrogen-bond donors (Lipinski definition) is 0. The number of pyridine rings is 1. The Morgan fingerprint density at radius 2 is 1.17 bits per heavy atom. The molecule has 0 saturated heterocycles. The fraction of sp³-hybridized carbons (Fsp3) is 0. The van der Waals surface area contributed by atoms with Gasteiger partial charge in [0.05, 0.1) is 11.4 Å². The Bertz CT molecular complexity index is 929. The molecule has 4 aromatic rings. The smallest absolute Gasteiger partial charge is 0.178 e. The van der Waals surface area contributed by atoms with Gasteiger partial charge in [0, 0.05) is 26.3 Å². The normalized spacial score (nSPS) is 10.9. The van der Waals surface area contributed by atoms with Crippen molar-refractivity contribution in [3.63, 3.8) is 0 Å². The molecule has 0 amide bonds. The van der Waals surface area contributed by atoms with Crippen molar-refractivity contribution in [3.8, 4) is 22.5 Å². The molecule has 0 radical (unpaired) electrons. The van der Waals surface area contributed by atoms with Crippen LogP contribution < -0.4 is 0 Å². The first-order valence-corrected chi connectivity index (χ1v) is 8.94. The van der Waals surface area contributed by atoms with Crippen LogP contribution in [-0.4, -0.2) is 15.0 Å². The summed E-state index contributed by atoms with van der Waals surface area (Å²) in [5, 5.41) is 0. The van der Waals surface area contributed by atoms with E-state index in [-0.39, 0.29) is 0 Å². The summed E-state index contributed by atoms with van der Waals surface area (Å²) < 4.78 is 2.06. The van der Waals surface area contributed by atoms with E-state index in [2.05, 4.69) is 36.8 Å². The molecule has 5 heteroatoms. The molecular weight excluding hydrogens is 430 g/mol. The van der Waals surface area contributed by atoms with Gasteiger partial charge < -0.3 is 0 Å². The van der Waals surface area contributed by atoms with E-state index < -0.39 is 0 Å². The van der Waals surface area contributed by atoms with E-state index >= 15 is 0 Å². The monoisotopic (exact) mass is 439 g/mol. The van der Waals surface area contributed by atoms with E-state index in [1.165, 1.54) is 0 Å². The fourth-order valence-corrected chi connectivity index (χ4v) is 3.04. The minimum Gasteiger partial charge on any atom is -0.242 e. The SMILES string of the molecule is Brc1ccc(-c2nc3cccnc3nc2-c2ccc(Br)cc2)cc1. The second-order valence-corrected chi connectivity index (χ2v) is 7.11. The standard InChI is InChI=1S/C19H11Br2N3/c20-14-7-3-12(4-8-14)17-18(13-5-9-15(21)10-6-13)24-19-16(23-17)2-1-11-22-19/h1-11H. The molecule has 2 aromatic carbocycles. The van der Waals surface area contributed by atoms with Crippen LogP contribution in [0.15, 0.2) is 75.8 Å². The van der Waals surface area contributed by atoms with Crippen molar-refractivity contribution >= 4 is 43.0 Å². The van der Waals surface area contributed by atoms with Gasteiger partial charge in [0.15, 0.2) is 5.65 Å². The molecule has 0 aliphatic carbocycles. The molecule has 0 aliphatic heterocycles. The second kappa shape index (κ2) is 6.42. The van der Waals surface area contributed by atoms with Crippen molar-refractivity contribution in [3.05, 3.63) is 75.8 Å². The van der Waals surface area contributed by atoms with Crippen molar-refractivity contribution in [2.24, 2.45) is 0 Å². The zero-order valence-electron chi connectivity index (χ0n) is 12.4. The van der Waals surface area contributed by atoms with Crippen LogP contribution in [0.4, 0.5) is 0 Å². The number of benzene rings is 2. The van der Waals surface area contributed by atoms with E-state index in [1.807, 2.05) is 60.7 Å². The summed E-state index contributed by atoms with van der Waals surface area (Å²) in [6.45, 7) is 0. The Morgan fingerprint density at radius 3 is 1.75 bits per heavy atom. The Labute approximate surface area is 156 Å². The molecule has 3 nitrogen and oxygen atoms in total. The summed E-state index contributed by atoms with van der Waals surface area (Å²) in [7, 11) is 0. The molecule has 2 aromatic heterocycles. The zero-order chi connectivity index (χ0) is 16.5. The van der Waals surface area contributed by atoms with Crippen molar-refractivity contribution < 1.29 is 0 Å². The Hall–Kier alpha value is -2.11. The molecule has 0 fully saturated rings. The summed E-state index contributed by atoms with van der Waals surface area (Å²) in [4.78, 5) is 13.9. The molecule has 0 aliphatic rings. The maximum Gasteiger partial charge on any atom is 0.178 e.